The minimum Gasteiger partial charge on any atom is -0.347 e. The molecule has 190 valence electrons. The SMILES string of the molecule is O=C(c1ccc2c(c1)N(Cc1cccc(Cl)c1)C(=O)c1ccccc1[S@@]2=O)N1CCC2(CC1)OCCO2. The summed E-state index contributed by atoms with van der Waals surface area (Å²) in [4.78, 5) is 31.6. The van der Waals surface area contributed by atoms with Gasteiger partial charge in [-0.15, -0.1) is 0 Å². The van der Waals surface area contributed by atoms with Gasteiger partial charge in [0.25, 0.3) is 11.8 Å². The molecule has 0 unspecified atom stereocenters. The summed E-state index contributed by atoms with van der Waals surface area (Å²) in [5.41, 5.74) is 2.10. The van der Waals surface area contributed by atoms with E-state index in [1.165, 1.54) is 0 Å². The maximum Gasteiger partial charge on any atom is 0.259 e. The van der Waals surface area contributed by atoms with Gasteiger partial charge in [-0.1, -0.05) is 35.9 Å². The number of ether oxygens (including phenoxy) is 2. The highest BCUT2D eigenvalue weighted by Gasteiger charge is 2.41. The fourth-order valence-electron chi connectivity index (χ4n) is 5.19. The van der Waals surface area contributed by atoms with E-state index in [-0.39, 0.29) is 18.4 Å². The van der Waals surface area contributed by atoms with Crippen molar-refractivity contribution in [3.05, 3.63) is 88.4 Å². The first-order valence-electron chi connectivity index (χ1n) is 12.2. The fraction of sp³-hybridized carbons (Fsp3) is 0.286. The molecule has 0 aliphatic carbocycles. The number of benzene rings is 3. The topological polar surface area (TPSA) is 76.2 Å². The van der Waals surface area contributed by atoms with E-state index in [0.717, 1.165) is 5.56 Å². The summed E-state index contributed by atoms with van der Waals surface area (Å²) < 4.78 is 25.2. The minimum atomic E-state index is -1.59. The van der Waals surface area contributed by atoms with E-state index in [1.807, 2.05) is 12.1 Å². The van der Waals surface area contributed by atoms with Crippen molar-refractivity contribution in [3.63, 3.8) is 0 Å². The zero-order valence-electron chi connectivity index (χ0n) is 20.0. The molecule has 1 atom stereocenters. The standard InChI is InChI=1S/C28H25ClN2O5S/c29-21-5-3-4-19(16-21)18-31-23-17-20(26(32)30-12-10-28(11-13-30)35-14-15-36-28)8-9-25(23)37(34)24-7-2-1-6-22(24)27(31)33/h1-9,16-17H,10-15,18H2/t37-/m0/s1. The molecule has 37 heavy (non-hydrogen) atoms. The van der Waals surface area contributed by atoms with Crippen LogP contribution in [0.2, 0.25) is 5.02 Å². The third-order valence-electron chi connectivity index (χ3n) is 7.11. The fourth-order valence-corrected chi connectivity index (χ4v) is 6.75. The van der Waals surface area contributed by atoms with Gasteiger partial charge in [-0.3, -0.25) is 9.59 Å². The number of amides is 2. The maximum absolute atomic E-state index is 13.8. The van der Waals surface area contributed by atoms with Gasteiger partial charge in [0.15, 0.2) is 5.79 Å². The first-order chi connectivity index (χ1) is 17.9. The Morgan fingerprint density at radius 1 is 0.946 bits per heavy atom. The summed E-state index contributed by atoms with van der Waals surface area (Å²) >= 11 is 6.21. The summed E-state index contributed by atoms with van der Waals surface area (Å²) in [7, 11) is -1.59. The summed E-state index contributed by atoms with van der Waals surface area (Å²) in [6, 6.07) is 19.3. The highest BCUT2D eigenvalue weighted by atomic mass is 35.5. The Labute approximate surface area is 222 Å². The molecular formula is C28H25ClN2O5S. The molecule has 0 saturated carbocycles. The Morgan fingerprint density at radius 3 is 2.46 bits per heavy atom. The molecule has 0 N–H and O–H groups in total. The molecule has 2 fully saturated rings. The van der Waals surface area contributed by atoms with Gasteiger partial charge in [0, 0.05) is 36.5 Å². The lowest BCUT2D eigenvalue weighted by Crippen LogP contribution is -2.47. The summed E-state index contributed by atoms with van der Waals surface area (Å²) in [5, 5.41) is 0.561. The van der Waals surface area contributed by atoms with Crippen molar-refractivity contribution in [2.45, 2.75) is 35.0 Å². The van der Waals surface area contributed by atoms with Crippen LogP contribution < -0.4 is 4.90 Å². The Kier molecular flexibility index (Phi) is 6.36. The molecule has 0 bridgehead atoms. The van der Waals surface area contributed by atoms with Crippen LogP contribution in [0.4, 0.5) is 5.69 Å². The molecule has 3 aromatic carbocycles. The Morgan fingerprint density at radius 2 is 1.70 bits per heavy atom. The Bertz CT molecular complexity index is 1410. The maximum atomic E-state index is 13.8. The number of likely N-dealkylation sites (tertiary alicyclic amines) is 1. The number of carbonyl (C=O) groups is 2. The highest BCUT2D eigenvalue weighted by molar-refractivity contribution is 7.85. The van der Waals surface area contributed by atoms with E-state index in [4.69, 9.17) is 21.1 Å². The predicted octanol–water partition coefficient (Wildman–Crippen LogP) is 4.65. The lowest BCUT2D eigenvalue weighted by molar-refractivity contribution is -0.181. The van der Waals surface area contributed by atoms with Crippen molar-refractivity contribution >= 4 is 39.9 Å². The number of nitrogens with zero attached hydrogens (tertiary/aromatic N) is 2. The quantitative estimate of drug-likeness (QED) is 0.487. The van der Waals surface area contributed by atoms with Gasteiger partial charge < -0.3 is 19.3 Å². The molecule has 7 nitrogen and oxygen atoms in total. The van der Waals surface area contributed by atoms with Crippen molar-refractivity contribution < 1.29 is 23.3 Å². The zero-order valence-corrected chi connectivity index (χ0v) is 21.6. The molecule has 3 aromatic rings. The molecular weight excluding hydrogens is 512 g/mol. The normalized spacial score (nSPS) is 20.5. The second kappa shape index (κ2) is 9.68. The van der Waals surface area contributed by atoms with Gasteiger partial charge >= 0.3 is 0 Å². The average Bonchev–Trinajstić information content (AvgIpc) is 3.35. The minimum absolute atomic E-state index is 0.140. The van der Waals surface area contributed by atoms with Gasteiger partial charge in [0.05, 0.1) is 51.6 Å². The van der Waals surface area contributed by atoms with Gasteiger partial charge in [0.2, 0.25) is 0 Å². The first kappa shape index (κ1) is 24.3. The van der Waals surface area contributed by atoms with Crippen molar-refractivity contribution in [1.82, 2.24) is 4.90 Å². The monoisotopic (exact) mass is 536 g/mol. The number of hydrogen-bond acceptors (Lipinski definition) is 5. The molecule has 1 spiro atoms. The lowest BCUT2D eigenvalue weighted by atomic mass is 10.0. The van der Waals surface area contributed by atoms with Crippen LogP contribution in [-0.4, -0.2) is 53.0 Å². The molecule has 9 heteroatoms. The van der Waals surface area contributed by atoms with Crippen LogP contribution in [0.5, 0.6) is 0 Å². The van der Waals surface area contributed by atoms with Crippen LogP contribution in [0.3, 0.4) is 0 Å². The zero-order chi connectivity index (χ0) is 25.6. The predicted molar refractivity (Wildman–Crippen MR) is 139 cm³/mol. The molecule has 2 amide bonds. The largest absolute Gasteiger partial charge is 0.347 e. The van der Waals surface area contributed by atoms with Gasteiger partial charge in [-0.2, -0.15) is 0 Å². The Hall–Kier alpha value is -3.04. The molecule has 6 rings (SSSR count). The van der Waals surface area contributed by atoms with Crippen LogP contribution in [0, 0.1) is 0 Å². The van der Waals surface area contributed by atoms with E-state index < -0.39 is 16.6 Å². The molecule has 0 radical (unpaired) electrons. The van der Waals surface area contributed by atoms with Gasteiger partial charge in [-0.05, 0) is 48.0 Å². The van der Waals surface area contributed by atoms with Crippen LogP contribution in [0.25, 0.3) is 0 Å². The van der Waals surface area contributed by atoms with E-state index in [1.54, 1.807) is 64.4 Å². The molecule has 0 aromatic heterocycles. The van der Waals surface area contributed by atoms with Crippen LogP contribution in [0.15, 0.2) is 76.5 Å². The van der Waals surface area contributed by atoms with Crippen LogP contribution in [-0.2, 0) is 26.8 Å². The highest BCUT2D eigenvalue weighted by Crippen LogP contribution is 2.37. The molecule has 2 saturated heterocycles. The number of anilines is 1. The number of piperidine rings is 1. The van der Waals surface area contributed by atoms with E-state index in [2.05, 4.69) is 0 Å². The van der Waals surface area contributed by atoms with Gasteiger partial charge in [-0.25, -0.2) is 4.21 Å². The number of carbonyl (C=O) groups excluding carboxylic acids is 2. The Balaban J connectivity index is 1.37. The summed E-state index contributed by atoms with van der Waals surface area (Å²) in [5.74, 6) is -0.992. The second-order valence-corrected chi connectivity index (χ2v) is 11.2. The molecule has 3 aliphatic heterocycles. The van der Waals surface area contributed by atoms with Crippen molar-refractivity contribution in [3.8, 4) is 0 Å². The summed E-state index contributed by atoms with van der Waals surface area (Å²) in [6.45, 7) is 2.40. The first-order valence-corrected chi connectivity index (χ1v) is 13.8. The molecule has 3 heterocycles. The average molecular weight is 537 g/mol. The van der Waals surface area contributed by atoms with Crippen molar-refractivity contribution in [2.24, 2.45) is 0 Å². The van der Waals surface area contributed by atoms with Crippen LogP contribution >= 0.6 is 11.6 Å². The smallest absolute Gasteiger partial charge is 0.259 e. The van der Waals surface area contributed by atoms with E-state index in [9.17, 15) is 13.8 Å². The van der Waals surface area contributed by atoms with E-state index in [0.29, 0.717) is 70.8 Å². The van der Waals surface area contributed by atoms with E-state index >= 15 is 0 Å². The van der Waals surface area contributed by atoms with Crippen LogP contribution in [0.1, 0.15) is 39.1 Å². The number of rotatable bonds is 3. The molecule has 3 aliphatic rings. The summed E-state index contributed by atoms with van der Waals surface area (Å²) in [6.07, 6.45) is 1.23. The number of halogens is 1. The number of fused-ring (bicyclic) bond motifs is 2. The number of hydrogen-bond donors (Lipinski definition) is 0. The third-order valence-corrected chi connectivity index (χ3v) is 8.85. The van der Waals surface area contributed by atoms with Gasteiger partial charge in [0.1, 0.15) is 0 Å². The third kappa shape index (κ3) is 4.48. The second-order valence-electron chi connectivity index (χ2n) is 9.37. The lowest BCUT2D eigenvalue weighted by Gasteiger charge is -2.37. The van der Waals surface area contributed by atoms with Crippen molar-refractivity contribution in [1.29, 1.82) is 0 Å². The van der Waals surface area contributed by atoms with Crippen molar-refractivity contribution in [2.75, 3.05) is 31.2 Å².